The third-order valence-electron chi connectivity index (χ3n) is 6.59. The van der Waals surface area contributed by atoms with Crippen LogP contribution in [0.4, 0.5) is 0 Å². The fraction of sp³-hybridized carbons (Fsp3) is 0.417. The van der Waals surface area contributed by atoms with E-state index in [0.29, 0.717) is 18.7 Å². The van der Waals surface area contributed by atoms with E-state index in [9.17, 15) is 9.90 Å². The van der Waals surface area contributed by atoms with Gasteiger partial charge in [-0.25, -0.2) is 0 Å². The van der Waals surface area contributed by atoms with Crippen molar-refractivity contribution in [1.29, 1.82) is 0 Å². The summed E-state index contributed by atoms with van der Waals surface area (Å²) < 4.78 is 5.98. The number of piperidine rings is 2. The number of carbonyl (C=O) groups is 1. The highest BCUT2D eigenvalue weighted by atomic mass is 16.3. The Morgan fingerprint density at radius 2 is 2.03 bits per heavy atom. The molecule has 1 amide bonds. The summed E-state index contributed by atoms with van der Waals surface area (Å²) in [6, 6.07) is 13.8. The lowest BCUT2D eigenvalue weighted by Crippen LogP contribution is -2.55. The normalized spacial score (nSPS) is 21.9. The molecular formula is C24H27N3O3. The molecule has 2 saturated heterocycles. The molecule has 0 radical (unpaired) electrons. The number of carbonyl (C=O) groups excluding carboxylic acids is 1. The van der Waals surface area contributed by atoms with Crippen LogP contribution < -0.4 is 0 Å². The van der Waals surface area contributed by atoms with Crippen molar-refractivity contribution in [3.8, 4) is 0 Å². The van der Waals surface area contributed by atoms with E-state index in [4.69, 9.17) is 4.42 Å². The standard InChI is InChI=1S/C24H27N3O3/c28-20-13-24(17-27(15-20)23(29)19-5-3-9-25-14-19)7-10-26(11-8-24)16-21-12-18-4-1-2-6-22(18)30-21/h1-6,9,12,14,20,28H,7-8,10-11,13,15-17H2. The van der Waals surface area contributed by atoms with Crippen LogP contribution in [0.5, 0.6) is 0 Å². The number of β-amino-alcohol motifs (C(OH)–C–C–N with tert-alkyl or cyclic N) is 1. The number of aromatic nitrogens is 1. The molecule has 156 valence electrons. The molecule has 2 aliphatic rings. The van der Waals surface area contributed by atoms with Crippen LogP contribution in [0.2, 0.25) is 0 Å². The Bertz CT molecular complexity index is 991. The number of aliphatic hydroxyl groups is 1. The molecule has 6 nitrogen and oxygen atoms in total. The summed E-state index contributed by atoms with van der Waals surface area (Å²) >= 11 is 0. The van der Waals surface area contributed by atoms with E-state index in [0.717, 1.165) is 55.6 Å². The number of hydrogen-bond donors (Lipinski definition) is 1. The number of amides is 1. The minimum absolute atomic E-state index is 0.0140. The number of benzene rings is 1. The van der Waals surface area contributed by atoms with Crippen LogP contribution in [0.1, 0.15) is 35.4 Å². The molecule has 30 heavy (non-hydrogen) atoms. The van der Waals surface area contributed by atoms with Crippen LogP contribution in [0.3, 0.4) is 0 Å². The van der Waals surface area contributed by atoms with Gasteiger partial charge in [0, 0.05) is 30.9 Å². The molecule has 1 aromatic carbocycles. The average Bonchev–Trinajstić information content (AvgIpc) is 3.17. The summed E-state index contributed by atoms with van der Waals surface area (Å²) in [5.74, 6) is 0.954. The largest absolute Gasteiger partial charge is 0.460 e. The molecule has 1 atom stereocenters. The number of pyridine rings is 1. The van der Waals surface area contributed by atoms with Gasteiger partial charge in [0.25, 0.3) is 5.91 Å². The third-order valence-corrected chi connectivity index (χ3v) is 6.59. The second-order valence-corrected chi connectivity index (χ2v) is 8.81. The van der Waals surface area contributed by atoms with Gasteiger partial charge in [-0.1, -0.05) is 18.2 Å². The van der Waals surface area contributed by atoms with Crippen molar-refractivity contribution in [2.24, 2.45) is 5.41 Å². The van der Waals surface area contributed by atoms with Gasteiger partial charge in [-0.3, -0.25) is 14.7 Å². The van der Waals surface area contributed by atoms with E-state index in [1.54, 1.807) is 24.5 Å². The SMILES string of the molecule is O=C(c1cccnc1)N1CC(O)CC2(CCN(Cc3cc4ccccc4o3)CC2)C1. The van der Waals surface area contributed by atoms with Crippen LogP contribution in [-0.2, 0) is 6.54 Å². The van der Waals surface area contributed by atoms with Gasteiger partial charge < -0.3 is 14.4 Å². The Kier molecular flexibility index (Phi) is 5.05. The van der Waals surface area contributed by atoms with Gasteiger partial charge >= 0.3 is 0 Å². The molecule has 1 N–H and O–H groups in total. The van der Waals surface area contributed by atoms with Gasteiger partial charge in [-0.05, 0) is 62.0 Å². The van der Waals surface area contributed by atoms with E-state index in [2.05, 4.69) is 22.0 Å². The summed E-state index contributed by atoms with van der Waals surface area (Å²) in [7, 11) is 0. The molecule has 0 saturated carbocycles. The smallest absolute Gasteiger partial charge is 0.255 e. The van der Waals surface area contributed by atoms with E-state index in [-0.39, 0.29) is 11.3 Å². The van der Waals surface area contributed by atoms with Crippen molar-refractivity contribution in [3.63, 3.8) is 0 Å². The molecule has 2 aliphatic heterocycles. The van der Waals surface area contributed by atoms with Crippen molar-refractivity contribution >= 4 is 16.9 Å². The molecular weight excluding hydrogens is 378 g/mol. The Labute approximate surface area is 176 Å². The number of nitrogens with zero attached hydrogens (tertiary/aromatic N) is 3. The van der Waals surface area contributed by atoms with Gasteiger partial charge in [0.2, 0.25) is 0 Å². The van der Waals surface area contributed by atoms with Gasteiger partial charge in [0.15, 0.2) is 0 Å². The molecule has 1 spiro atoms. The first kappa shape index (κ1) is 19.3. The Morgan fingerprint density at radius 1 is 1.20 bits per heavy atom. The zero-order valence-electron chi connectivity index (χ0n) is 17.0. The number of likely N-dealkylation sites (tertiary alicyclic amines) is 2. The van der Waals surface area contributed by atoms with E-state index in [1.807, 2.05) is 23.1 Å². The summed E-state index contributed by atoms with van der Waals surface area (Å²) in [6.45, 7) is 3.79. The maximum absolute atomic E-state index is 12.9. The van der Waals surface area contributed by atoms with Crippen molar-refractivity contribution in [2.45, 2.75) is 31.9 Å². The minimum atomic E-state index is -0.471. The highest BCUT2D eigenvalue weighted by Crippen LogP contribution is 2.40. The quantitative estimate of drug-likeness (QED) is 0.724. The van der Waals surface area contributed by atoms with E-state index >= 15 is 0 Å². The number of rotatable bonds is 3. The molecule has 4 heterocycles. The maximum atomic E-state index is 12.9. The summed E-state index contributed by atoms with van der Waals surface area (Å²) in [5.41, 5.74) is 1.50. The van der Waals surface area contributed by atoms with Gasteiger partial charge in [0.1, 0.15) is 11.3 Å². The lowest BCUT2D eigenvalue weighted by molar-refractivity contribution is -0.0343. The van der Waals surface area contributed by atoms with Crippen LogP contribution in [0.15, 0.2) is 59.3 Å². The highest BCUT2D eigenvalue weighted by molar-refractivity contribution is 5.94. The fourth-order valence-corrected chi connectivity index (χ4v) is 5.06. The third kappa shape index (κ3) is 3.85. The van der Waals surface area contributed by atoms with Crippen molar-refractivity contribution in [3.05, 3.63) is 66.2 Å². The minimum Gasteiger partial charge on any atom is -0.460 e. The first-order chi connectivity index (χ1) is 14.6. The molecule has 0 aliphatic carbocycles. The van der Waals surface area contributed by atoms with Crippen LogP contribution in [-0.4, -0.2) is 58.1 Å². The highest BCUT2D eigenvalue weighted by Gasteiger charge is 2.43. The summed E-state index contributed by atoms with van der Waals surface area (Å²) in [4.78, 5) is 21.2. The topological polar surface area (TPSA) is 69.8 Å². The average molecular weight is 405 g/mol. The molecule has 2 aromatic heterocycles. The zero-order valence-corrected chi connectivity index (χ0v) is 17.0. The zero-order chi connectivity index (χ0) is 20.6. The second kappa shape index (κ2) is 7.85. The van der Waals surface area contributed by atoms with E-state index < -0.39 is 6.10 Å². The fourth-order valence-electron chi connectivity index (χ4n) is 5.06. The number of para-hydroxylation sites is 1. The van der Waals surface area contributed by atoms with Crippen LogP contribution in [0.25, 0.3) is 11.0 Å². The number of fused-ring (bicyclic) bond motifs is 1. The number of furan rings is 1. The Morgan fingerprint density at radius 3 is 2.80 bits per heavy atom. The number of aliphatic hydroxyl groups excluding tert-OH is 1. The first-order valence-electron chi connectivity index (χ1n) is 10.7. The lowest BCUT2D eigenvalue weighted by Gasteiger charge is -2.49. The molecule has 2 fully saturated rings. The van der Waals surface area contributed by atoms with Crippen molar-refractivity contribution in [2.75, 3.05) is 26.2 Å². The first-order valence-corrected chi connectivity index (χ1v) is 10.7. The Hall–Kier alpha value is -2.70. The van der Waals surface area contributed by atoms with Crippen LogP contribution in [0, 0.1) is 5.41 Å². The molecule has 5 rings (SSSR count). The summed E-state index contributed by atoms with van der Waals surface area (Å²) in [6.07, 6.45) is 5.51. The lowest BCUT2D eigenvalue weighted by atomic mass is 9.71. The molecule has 0 bridgehead atoms. The van der Waals surface area contributed by atoms with Crippen LogP contribution >= 0.6 is 0 Å². The van der Waals surface area contributed by atoms with Gasteiger partial charge in [-0.15, -0.1) is 0 Å². The Balaban J connectivity index is 1.24. The summed E-state index contributed by atoms with van der Waals surface area (Å²) in [5, 5.41) is 11.7. The monoisotopic (exact) mass is 405 g/mol. The number of hydrogen-bond acceptors (Lipinski definition) is 5. The van der Waals surface area contributed by atoms with Crippen molar-refractivity contribution < 1.29 is 14.3 Å². The van der Waals surface area contributed by atoms with E-state index in [1.165, 1.54) is 0 Å². The maximum Gasteiger partial charge on any atom is 0.255 e. The molecule has 1 unspecified atom stereocenters. The van der Waals surface area contributed by atoms with Crippen molar-refractivity contribution in [1.82, 2.24) is 14.8 Å². The molecule has 6 heteroatoms. The predicted molar refractivity (Wildman–Crippen MR) is 114 cm³/mol. The second-order valence-electron chi connectivity index (χ2n) is 8.81. The van der Waals surface area contributed by atoms with Gasteiger partial charge in [0.05, 0.1) is 18.2 Å². The molecule has 3 aromatic rings. The predicted octanol–water partition coefficient (Wildman–Crippen LogP) is 3.32. The van der Waals surface area contributed by atoms with Gasteiger partial charge in [-0.2, -0.15) is 0 Å².